The third-order valence-corrected chi connectivity index (χ3v) is 4.49. The van der Waals surface area contributed by atoms with Crippen LogP contribution in [0.15, 0.2) is 18.2 Å². The molecule has 1 aliphatic heterocycles. The summed E-state index contributed by atoms with van der Waals surface area (Å²) in [5.41, 5.74) is 3.84. The summed E-state index contributed by atoms with van der Waals surface area (Å²) in [7, 11) is 4.14. The maximum atomic E-state index is 9.82. The summed E-state index contributed by atoms with van der Waals surface area (Å²) < 4.78 is 0. The first-order chi connectivity index (χ1) is 8.98. The van der Waals surface area contributed by atoms with Crippen LogP contribution in [-0.4, -0.2) is 49.3 Å². The molecule has 1 atom stereocenters. The predicted molar refractivity (Wildman–Crippen MR) is 80.9 cm³/mol. The van der Waals surface area contributed by atoms with Gasteiger partial charge in [-0.2, -0.15) is 0 Å². The molecule has 106 valence electrons. The van der Waals surface area contributed by atoms with Crippen LogP contribution in [0.4, 0.5) is 5.69 Å². The zero-order chi connectivity index (χ0) is 14.0. The molecule has 1 aromatic carbocycles. The van der Waals surface area contributed by atoms with Crippen molar-refractivity contribution in [2.75, 3.05) is 38.7 Å². The number of anilines is 1. The maximum absolute atomic E-state index is 9.82. The largest absolute Gasteiger partial charge is 0.394 e. The fourth-order valence-electron chi connectivity index (χ4n) is 3.11. The van der Waals surface area contributed by atoms with Gasteiger partial charge in [-0.25, -0.2) is 0 Å². The lowest BCUT2D eigenvalue weighted by Crippen LogP contribution is -2.58. The van der Waals surface area contributed by atoms with Crippen LogP contribution >= 0.6 is 0 Å². The van der Waals surface area contributed by atoms with E-state index in [0.29, 0.717) is 0 Å². The van der Waals surface area contributed by atoms with Gasteiger partial charge >= 0.3 is 0 Å². The molecule has 1 aliphatic rings. The number of likely N-dealkylation sites (N-methyl/N-ethyl adjacent to an activating group) is 1. The minimum Gasteiger partial charge on any atom is -0.394 e. The average molecular weight is 262 g/mol. The van der Waals surface area contributed by atoms with E-state index in [1.165, 1.54) is 16.8 Å². The van der Waals surface area contributed by atoms with Crippen molar-refractivity contribution in [2.24, 2.45) is 0 Å². The molecule has 0 bridgehead atoms. The van der Waals surface area contributed by atoms with Crippen LogP contribution in [0, 0.1) is 13.8 Å². The maximum Gasteiger partial charge on any atom is 0.0632 e. The molecule has 1 saturated heterocycles. The van der Waals surface area contributed by atoms with E-state index in [9.17, 15) is 5.11 Å². The summed E-state index contributed by atoms with van der Waals surface area (Å²) in [5.74, 6) is 0. The van der Waals surface area contributed by atoms with Gasteiger partial charge in [0.1, 0.15) is 0 Å². The zero-order valence-electron chi connectivity index (χ0n) is 12.6. The minimum absolute atomic E-state index is 0.102. The van der Waals surface area contributed by atoms with Gasteiger partial charge in [-0.15, -0.1) is 0 Å². The second-order valence-electron chi connectivity index (χ2n) is 6.09. The van der Waals surface area contributed by atoms with E-state index in [1.54, 1.807) is 0 Å². The summed E-state index contributed by atoms with van der Waals surface area (Å²) >= 11 is 0. The van der Waals surface area contributed by atoms with Crippen molar-refractivity contribution < 1.29 is 5.11 Å². The molecule has 1 unspecified atom stereocenters. The van der Waals surface area contributed by atoms with E-state index in [1.807, 2.05) is 0 Å². The Morgan fingerprint density at radius 2 is 2.05 bits per heavy atom. The van der Waals surface area contributed by atoms with Crippen molar-refractivity contribution in [2.45, 2.75) is 32.2 Å². The van der Waals surface area contributed by atoms with Crippen molar-refractivity contribution in [3.63, 3.8) is 0 Å². The third-order valence-electron chi connectivity index (χ3n) is 4.49. The van der Waals surface area contributed by atoms with Crippen LogP contribution in [0.3, 0.4) is 0 Å². The summed E-state index contributed by atoms with van der Waals surface area (Å²) in [4.78, 5) is 4.61. The Hall–Kier alpha value is -1.06. The Labute approximate surface area is 116 Å². The lowest BCUT2D eigenvalue weighted by atomic mass is 9.88. The normalized spacial score (nSPS) is 24.0. The summed E-state index contributed by atoms with van der Waals surface area (Å²) in [6, 6.07) is 6.63. The highest BCUT2D eigenvalue weighted by atomic mass is 16.3. The fraction of sp³-hybridized carbons (Fsp3) is 0.625. The summed E-state index contributed by atoms with van der Waals surface area (Å²) in [5, 5.41) is 9.82. The number of hydrogen-bond donors (Lipinski definition) is 1. The number of aliphatic hydroxyl groups is 1. The number of aryl methyl sites for hydroxylation is 2. The summed E-state index contributed by atoms with van der Waals surface area (Å²) in [6.45, 7) is 6.51. The second kappa shape index (κ2) is 5.51. The number of nitrogens with zero attached hydrogens (tertiary/aromatic N) is 2. The second-order valence-corrected chi connectivity index (χ2v) is 6.09. The van der Waals surface area contributed by atoms with E-state index in [0.717, 1.165) is 25.9 Å². The first kappa shape index (κ1) is 14.4. The molecule has 0 amide bonds. The molecule has 1 aromatic rings. The van der Waals surface area contributed by atoms with Crippen LogP contribution in [0.5, 0.6) is 0 Å². The number of rotatable bonds is 3. The quantitative estimate of drug-likeness (QED) is 0.904. The predicted octanol–water partition coefficient (Wildman–Crippen LogP) is 2.20. The highest BCUT2D eigenvalue weighted by Gasteiger charge is 2.37. The average Bonchev–Trinajstić information content (AvgIpc) is 2.38. The van der Waals surface area contributed by atoms with E-state index in [2.05, 4.69) is 55.9 Å². The van der Waals surface area contributed by atoms with Crippen LogP contribution in [0.2, 0.25) is 0 Å². The van der Waals surface area contributed by atoms with Crippen LogP contribution in [0.1, 0.15) is 24.0 Å². The van der Waals surface area contributed by atoms with Gasteiger partial charge in [-0.3, -0.25) is 4.90 Å². The molecule has 0 radical (unpaired) electrons. The Balaban J connectivity index is 2.26. The number of aliphatic hydroxyl groups excluding tert-OH is 1. The molecule has 0 saturated carbocycles. The van der Waals surface area contributed by atoms with Gasteiger partial charge in [0.2, 0.25) is 0 Å². The lowest BCUT2D eigenvalue weighted by molar-refractivity contribution is 0.0547. The highest BCUT2D eigenvalue weighted by Crippen LogP contribution is 2.31. The third kappa shape index (κ3) is 2.77. The van der Waals surface area contributed by atoms with Crippen LogP contribution in [0.25, 0.3) is 0 Å². The first-order valence-electron chi connectivity index (χ1n) is 7.09. The molecule has 1 fully saturated rings. The topological polar surface area (TPSA) is 26.7 Å². The van der Waals surface area contributed by atoms with Gasteiger partial charge < -0.3 is 10.0 Å². The SMILES string of the molecule is Cc1ccc(N2CCCC(CO)(N(C)C)C2)c(C)c1. The van der Waals surface area contributed by atoms with Crippen LogP contribution < -0.4 is 4.90 Å². The molecule has 3 nitrogen and oxygen atoms in total. The Bertz CT molecular complexity index is 444. The Morgan fingerprint density at radius 1 is 1.32 bits per heavy atom. The zero-order valence-corrected chi connectivity index (χ0v) is 12.6. The standard InChI is InChI=1S/C16H26N2O/c1-13-6-7-15(14(2)10-13)18-9-5-8-16(11-18,12-19)17(3)4/h6-7,10,19H,5,8-9,11-12H2,1-4H3. The molecule has 1 N–H and O–H groups in total. The highest BCUT2D eigenvalue weighted by molar-refractivity contribution is 5.55. The summed E-state index contributed by atoms with van der Waals surface area (Å²) in [6.07, 6.45) is 2.20. The number of piperidine rings is 1. The van der Waals surface area contributed by atoms with Gasteiger partial charge in [-0.05, 0) is 52.4 Å². The molecule has 2 rings (SSSR count). The lowest BCUT2D eigenvalue weighted by Gasteiger charge is -2.47. The fourth-order valence-corrected chi connectivity index (χ4v) is 3.11. The van der Waals surface area contributed by atoms with Gasteiger partial charge in [0.25, 0.3) is 0 Å². The Morgan fingerprint density at radius 3 is 2.63 bits per heavy atom. The van der Waals surface area contributed by atoms with E-state index >= 15 is 0 Å². The molecule has 1 heterocycles. The van der Waals surface area contributed by atoms with Crippen molar-refractivity contribution >= 4 is 5.69 Å². The van der Waals surface area contributed by atoms with E-state index in [-0.39, 0.29) is 12.1 Å². The molecule has 0 spiro atoms. The van der Waals surface area contributed by atoms with Gasteiger partial charge in [-0.1, -0.05) is 17.7 Å². The van der Waals surface area contributed by atoms with Gasteiger partial charge in [0.05, 0.1) is 12.1 Å². The van der Waals surface area contributed by atoms with Crippen molar-refractivity contribution in [1.82, 2.24) is 4.90 Å². The smallest absolute Gasteiger partial charge is 0.0632 e. The van der Waals surface area contributed by atoms with Gasteiger partial charge in [0, 0.05) is 18.8 Å². The van der Waals surface area contributed by atoms with E-state index in [4.69, 9.17) is 0 Å². The molecule has 0 aromatic heterocycles. The van der Waals surface area contributed by atoms with Crippen molar-refractivity contribution in [1.29, 1.82) is 0 Å². The minimum atomic E-state index is -0.102. The molecule has 0 aliphatic carbocycles. The Kier molecular flexibility index (Phi) is 4.16. The number of benzene rings is 1. The van der Waals surface area contributed by atoms with Crippen molar-refractivity contribution in [3.05, 3.63) is 29.3 Å². The molecular weight excluding hydrogens is 236 g/mol. The van der Waals surface area contributed by atoms with E-state index < -0.39 is 0 Å². The van der Waals surface area contributed by atoms with Crippen LogP contribution in [-0.2, 0) is 0 Å². The molecular formula is C16H26N2O. The molecule has 3 heteroatoms. The number of hydrogen-bond acceptors (Lipinski definition) is 3. The van der Waals surface area contributed by atoms with Gasteiger partial charge in [0.15, 0.2) is 0 Å². The first-order valence-corrected chi connectivity index (χ1v) is 7.09. The molecule has 19 heavy (non-hydrogen) atoms. The monoisotopic (exact) mass is 262 g/mol. The van der Waals surface area contributed by atoms with Crippen molar-refractivity contribution in [3.8, 4) is 0 Å².